The zero-order valence-corrected chi connectivity index (χ0v) is 14.8. The van der Waals surface area contributed by atoms with Gasteiger partial charge in [-0.1, -0.05) is 0 Å². The van der Waals surface area contributed by atoms with Crippen molar-refractivity contribution in [3.63, 3.8) is 0 Å². The molecular weight excluding hydrogens is 344 g/mol. The van der Waals surface area contributed by atoms with Crippen LogP contribution in [0.5, 0.6) is 11.5 Å². The molecule has 1 aromatic rings. The van der Waals surface area contributed by atoms with Crippen molar-refractivity contribution in [3.8, 4) is 11.5 Å². The van der Waals surface area contributed by atoms with Gasteiger partial charge in [0.1, 0.15) is 11.5 Å². The van der Waals surface area contributed by atoms with Gasteiger partial charge >= 0.3 is 5.97 Å². The number of carbonyl (C=O) groups is 3. The standard InChI is InChI=1S/C17H22N2O7/c1-17(24,16(22)23)9-18-15(21)10-4-14(20)19(8-10)11-5-12(25-2)7-13(6-11)26-3/h5-7,10,24H,4,8-9H2,1-3H3,(H,18,21)(H,22,23). The largest absolute Gasteiger partial charge is 0.497 e. The van der Waals surface area contributed by atoms with E-state index in [-0.39, 0.29) is 18.9 Å². The van der Waals surface area contributed by atoms with Gasteiger partial charge in [-0.3, -0.25) is 9.59 Å². The molecule has 26 heavy (non-hydrogen) atoms. The maximum Gasteiger partial charge on any atom is 0.337 e. The number of carboxylic acids is 1. The van der Waals surface area contributed by atoms with E-state index >= 15 is 0 Å². The number of benzene rings is 1. The van der Waals surface area contributed by atoms with Gasteiger partial charge < -0.3 is 29.9 Å². The third kappa shape index (κ3) is 4.23. The molecule has 2 amide bonds. The highest BCUT2D eigenvalue weighted by Crippen LogP contribution is 2.32. The van der Waals surface area contributed by atoms with Crippen LogP contribution in [0.25, 0.3) is 0 Å². The summed E-state index contributed by atoms with van der Waals surface area (Å²) in [5, 5.41) is 20.9. The molecule has 0 aromatic heterocycles. The van der Waals surface area contributed by atoms with Crippen LogP contribution in [0.3, 0.4) is 0 Å². The van der Waals surface area contributed by atoms with Crippen molar-refractivity contribution in [2.24, 2.45) is 5.92 Å². The van der Waals surface area contributed by atoms with Crippen LogP contribution in [-0.4, -0.2) is 60.9 Å². The maximum absolute atomic E-state index is 12.3. The topological polar surface area (TPSA) is 125 Å². The second-order valence-electron chi connectivity index (χ2n) is 6.27. The Labute approximate surface area is 150 Å². The molecule has 9 heteroatoms. The number of rotatable bonds is 7. The summed E-state index contributed by atoms with van der Waals surface area (Å²) in [6.07, 6.45) is -0.0133. The van der Waals surface area contributed by atoms with Crippen LogP contribution >= 0.6 is 0 Å². The fourth-order valence-corrected chi connectivity index (χ4v) is 2.56. The molecule has 0 spiro atoms. The minimum atomic E-state index is -2.07. The lowest BCUT2D eigenvalue weighted by atomic mass is 10.1. The van der Waals surface area contributed by atoms with Crippen LogP contribution in [-0.2, 0) is 14.4 Å². The number of carboxylic acid groups (broad SMARTS) is 1. The van der Waals surface area contributed by atoms with E-state index in [1.165, 1.54) is 19.1 Å². The quantitative estimate of drug-likeness (QED) is 0.620. The third-order valence-corrected chi connectivity index (χ3v) is 4.21. The molecule has 1 aliphatic rings. The van der Waals surface area contributed by atoms with E-state index in [0.717, 1.165) is 6.92 Å². The van der Waals surface area contributed by atoms with E-state index in [9.17, 15) is 19.5 Å². The lowest BCUT2D eigenvalue weighted by Crippen LogP contribution is -2.48. The number of nitrogens with zero attached hydrogens (tertiary/aromatic N) is 1. The van der Waals surface area contributed by atoms with Crippen LogP contribution < -0.4 is 19.7 Å². The minimum Gasteiger partial charge on any atom is -0.497 e. The lowest BCUT2D eigenvalue weighted by Gasteiger charge is -2.20. The van der Waals surface area contributed by atoms with E-state index in [4.69, 9.17) is 14.6 Å². The zero-order valence-electron chi connectivity index (χ0n) is 14.8. The van der Waals surface area contributed by atoms with Crippen molar-refractivity contribution in [3.05, 3.63) is 18.2 Å². The molecular formula is C17H22N2O7. The van der Waals surface area contributed by atoms with Crippen molar-refractivity contribution < 1.29 is 34.1 Å². The van der Waals surface area contributed by atoms with Crippen LogP contribution in [0.15, 0.2) is 18.2 Å². The summed E-state index contributed by atoms with van der Waals surface area (Å²) >= 11 is 0. The van der Waals surface area contributed by atoms with Gasteiger partial charge in [-0.05, 0) is 6.92 Å². The average molecular weight is 366 g/mol. The lowest BCUT2D eigenvalue weighted by molar-refractivity contribution is -0.156. The molecule has 9 nitrogen and oxygen atoms in total. The van der Waals surface area contributed by atoms with Crippen LogP contribution in [0.1, 0.15) is 13.3 Å². The molecule has 2 unspecified atom stereocenters. The smallest absolute Gasteiger partial charge is 0.337 e. The molecule has 1 heterocycles. The van der Waals surface area contributed by atoms with E-state index in [0.29, 0.717) is 17.2 Å². The molecule has 1 saturated heterocycles. The fraction of sp³-hybridized carbons (Fsp3) is 0.471. The third-order valence-electron chi connectivity index (χ3n) is 4.21. The predicted octanol–water partition coefficient (Wildman–Crippen LogP) is 0.00850. The van der Waals surface area contributed by atoms with Crippen molar-refractivity contribution >= 4 is 23.5 Å². The zero-order chi connectivity index (χ0) is 19.5. The predicted molar refractivity (Wildman–Crippen MR) is 91.3 cm³/mol. The summed E-state index contributed by atoms with van der Waals surface area (Å²) in [7, 11) is 2.99. The summed E-state index contributed by atoms with van der Waals surface area (Å²) in [5.74, 6) is -1.80. The summed E-state index contributed by atoms with van der Waals surface area (Å²) in [6.45, 7) is 0.777. The number of amides is 2. The molecule has 0 saturated carbocycles. The average Bonchev–Trinajstić information content (AvgIpc) is 3.00. The summed E-state index contributed by atoms with van der Waals surface area (Å²) in [4.78, 5) is 36.9. The Kier molecular flexibility index (Phi) is 5.71. The van der Waals surface area contributed by atoms with Gasteiger partial charge in [0.15, 0.2) is 5.60 Å². The monoisotopic (exact) mass is 366 g/mol. The Bertz CT molecular complexity index is 695. The van der Waals surface area contributed by atoms with E-state index in [1.54, 1.807) is 18.2 Å². The summed E-state index contributed by atoms with van der Waals surface area (Å²) in [6, 6.07) is 4.99. The number of anilines is 1. The summed E-state index contributed by atoms with van der Waals surface area (Å²) < 4.78 is 10.4. The number of hydrogen-bond acceptors (Lipinski definition) is 6. The number of aliphatic carboxylic acids is 1. The SMILES string of the molecule is COc1cc(OC)cc(N2CC(C(=O)NCC(C)(O)C(=O)O)CC2=O)c1. The first-order valence-electron chi connectivity index (χ1n) is 7.95. The van der Waals surface area contributed by atoms with E-state index in [2.05, 4.69) is 5.32 Å². The molecule has 0 bridgehead atoms. The van der Waals surface area contributed by atoms with Crippen molar-refractivity contribution in [1.29, 1.82) is 0 Å². The Morgan fingerprint density at radius 3 is 2.35 bits per heavy atom. The highest BCUT2D eigenvalue weighted by atomic mass is 16.5. The van der Waals surface area contributed by atoms with Crippen molar-refractivity contribution in [2.75, 3.05) is 32.2 Å². The fourth-order valence-electron chi connectivity index (χ4n) is 2.56. The molecule has 1 aromatic carbocycles. The minimum absolute atomic E-state index is 0.0133. The Morgan fingerprint density at radius 2 is 1.85 bits per heavy atom. The normalized spacial score (nSPS) is 19.0. The molecule has 1 fully saturated rings. The number of nitrogens with one attached hydrogen (secondary N) is 1. The van der Waals surface area contributed by atoms with Gasteiger partial charge in [-0.2, -0.15) is 0 Å². The van der Waals surface area contributed by atoms with Crippen LogP contribution in [0.2, 0.25) is 0 Å². The first-order chi connectivity index (χ1) is 12.2. The van der Waals surface area contributed by atoms with Crippen molar-refractivity contribution in [2.45, 2.75) is 18.9 Å². The Hall–Kier alpha value is -2.81. The molecule has 1 aliphatic heterocycles. The number of hydrogen-bond donors (Lipinski definition) is 3. The van der Waals surface area contributed by atoms with Gasteiger partial charge in [0, 0.05) is 31.2 Å². The highest BCUT2D eigenvalue weighted by molar-refractivity contribution is 6.00. The second kappa shape index (κ2) is 7.61. The molecule has 2 rings (SSSR count). The Morgan fingerprint density at radius 1 is 1.27 bits per heavy atom. The van der Waals surface area contributed by atoms with Crippen molar-refractivity contribution in [1.82, 2.24) is 5.32 Å². The number of methoxy groups -OCH3 is 2. The van der Waals surface area contributed by atoms with Gasteiger partial charge in [0.2, 0.25) is 11.8 Å². The second-order valence-corrected chi connectivity index (χ2v) is 6.27. The van der Waals surface area contributed by atoms with Crippen LogP contribution in [0, 0.1) is 5.92 Å². The number of aliphatic hydroxyl groups is 1. The first-order valence-corrected chi connectivity index (χ1v) is 7.95. The van der Waals surface area contributed by atoms with Gasteiger partial charge in [0.25, 0.3) is 0 Å². The highest BCUT2D eigenvalue weighted by Gasteiger charge is 2.37. The summed E-state index contributed by atoms with van der Waals surface area (Å²) in [5.41, 5.74) is -1.53. The van der Waals surface area contributed by atoms with Gasteiger partial charge in [-0.15, -0.1) is 0 Å². The molecule has 3 N–H and O–H groups in total. The van der Waals surface area contributed by atoms with Crippen LogP contribution in [0.4, 0.5) is 5.69 Å². The van der Waals surface area contributed by atoms with E-state index in [1.807, 2.05) is 0 Å². The van der Waals surface area contributed by atoms with E-state index < -0.39 is 29.9 Å². The molecule has 0 aliphatic carbocycles. The Balaban J connectivity index is 2.09. The van der Waals surface area contributed by atoms with Gasteiger partial charge in [-0.25, -0.2) is 4.79 Å². The maximum atomic E-state index is 12.3. The molecule has 142 valence electrons. The first kappa shape index (κ1) is 19.5. The number of carbonyl (C=O) groups excluding carboxylic acids is 2. The number of ether oxygens (including phenoxy) is 2. The molecule has 0 radical (unpaired) electrons. The molecule has 2 atom stereocenters. The van der Waals surface area contributed by atoms with Gasteiger partial charge in [0.05, 0.1) is 32.4 Å².